The number of methoxy groups -OCH3 is 2. The third kappa shape index (κ3) is 5.29. The Kier molecular flexibility index (Phi) is 6.56. The van der Waals surface area contributed by atoms with Gasteiger partial charge < -0.3 is 20.1 Å². The van der Waals surface area contributed by atoms with E-state index in [1.807, 2.05) is 18.2 Å². The molecule has 1 heterocycles. The smallest absolute Gasteiger partial charge is 0.244 e. The third-order valence-electron chi connectivity index (χ3n) is 4.09. The Balaban J connectivity index is 1.53. The molecule has 2 N–H and O–H groups in total. The van der Waals surface area contributed by atoms with Gasteiger partial charge in [-0.1, -0.05) is 18.2 Å². The van der Waals surface area contributed by atoms with Gasteiger partial charge in [-0.2, -0.15) is 10.1 Å². The number of nitrogens with one attached hydrogen (secondary N) is 2. The second kappa shape index (κ2) is 9.50. The molecule has 1 aromatic heterocycles. The van der Waals surface area contributed by atoms with Crippen LogP contribution in [0.3, 0.4) is 0 Å². The van der Waals surface area contributed by atoms with E-state index in [0.717, 1.165) is 17.5 Å². The summed E-state index contributed by atoms with van der Waals surface area (Å²) in [5.41, 5.74) is 2.05. The molecule has 0 aliphatic carbocycles. The van der Waals surface area contributed by atoms with Gasteiger partial charge in [-0.25, -0.2) is 4.39 Å². The molecule has 0 aliphatic heterocycles. The monoisotopic (exact) mass is 383 g/mol. The summed E-state index contributed by atoms with van der Waals surface area (Å²) in [4.78, 5) is 4.40. The number of rotatable bonds is 9. The number of hydrogen-bond donors (Lipinski definition) is 2. The van der Waals surface area contributed by atoms with Crippen LogP contribution in [-0.4, -0.2) is 35.9 Å². The van der Waals surface area contributed by atoms with Crippen molar-refractivity contribution in [1.29, 1.82) is 0 Å². The highest BCUT2D eigenvalue weighted by Gasteiger charge is 2.06. The number of ether oxygens (including phenoxy) is 2. The number of benzene rings is 2. The van der Waals surface area contributed by atoms with Crippen LogP contribution in [0.1, 0.15) is 11.1 Å². The minimum Gasteiger partial charge on any atom is -0.493 e. The van der Waals surface area contributed by atoms with Crippen LogP contribution < -0.4 is 20.1 Å². The lowest BCUT2D eigenvalue weighted by Crippen LogP contribution is -2.10. The van der Waals surface area contributed by atoms with E-state index in [1.165, 1.54) is 12.1 Å². The van der Waals surface area contributed by atoms with Crippen LogP contribution in [0, 0.1) is 5.82 Å². The largest absolute Gasteiger partial charge is 0.493 e. The van der Waals surface area contributed by atoms with Gasteiger partial charge in [0.1, 0.15) is 5.82 Å². The van der Waals surface area contributed by atoms with E-state index in [1.54, 1.807) is 32.5 Å². The molecule has 146 valence electrons. The van der Waals surface area contributed by atoms with Gasteiger partial charge in [0, 0.05) is 13.1 Å². The highest BCUT2D eigenvalue weighted by Crippen LogP contribution is 2.27. The van der Waals surface area contributed by atoms with Crippen molar-refractivity contribution in [3.05, 3.63) is 65.6 Å². The van der Waals surface area contributed by atoms with Gasteiger partial charge >= 0.3 is 0 Å². The molecule has 0 amide bonds. The minimum atomic E-state index is -0.238. The van der Waals surface area contributed by atoms with Crippen molar-refractivity contribution in [1.82, 2.24) is 15.2 Å². The normalized spacial score (nSPS) is 10.4. The van der Waals surface area contributed by atoms with Gasteiger partial charge in [0.2, 0.25) is 5.95 Å². The van der Waals surface area contributed by atoms with Crippen LogP contribution in [0.5, 0.6) is 11.5 Å². The van der Waals surface area contributed by atoms with E-state index >= 15 is 0 Å². The van der Waals surface area contributed by atoms with E-state index < -0.39 is 0 Å². The highest BCUT2D eigenvalue weighted by atomic mass is 19.1. The molecule has 0 atom stereocenters. The first-order chi connectivity index (χ1) is 13.7. The first-order valence-electron chi connectivity index (χ1n) is 8.81. The molecule has 0 unspecified atom stereocenters. The Labute approximate surface area is 162 Å². The molecule has 0 saturated heterocycles. The second-order valence-electron chi connectivity index (χ2n) is 6.01. The number of halogens is 1. The van der Waals surface area contributed by atoms with Crippen molar-refractivity contribution >= 4 is 11.8 Å². The second-order valence-corrected chi connectivity index (χ2v) is 6.01. The number of aromatic nitrogens is 3. The molecule has 8 heteroatoms. The van der Waals surface area contributed by atoms with Crippen LogP contribution >= 0.6 is 0 Å². The van der Waals surface area contributed by atoms with E-state index in [2.05, 4.69) is 25.8 Å². The molecule has 3 rings (SSSR count). The number of anilines is 2. The van der Waals surface area contributed by atoms with Gasteiger partial charge in [0.05, 0.1) is 20.4 Å². The summed E-state index contributed by atoms with van der Waals surface area (Å²) in [5.74, 6) is 2.15. The zero-order valence-corrected chi connectivity index (χ0v) is 15.8. The summed E-state index contributed by atoms with van der Waals surface area (Å²) in [6.07, 6.45) is 2.29. The fourth-order valence-electron chi connectivity index (χ4n) is 2.62. The van der Waals surface area contributed by atoms with E-state index in [9.17, 15) is 4.39 Å². The molecule has 0 fully saturated rings. The predicted molar refractivity (Wildman–Crippen MR) is 105 cm³/mol. The molecular weight excluding hydrogens is 361 g/mol. The molecule has 0 saturated carbocycles. The maximum Gasteiger partial charge on any atom is 0.244 e. The molecule has 28 heavy (non-hydrogen) atoms. The highest BCUT2D eigenvalue weighted by molar-refractivity contribution is 5.44. The van der Waals surface area contributed by atoms with Crippen molar-refractivity contribution in [2.45, 2.75) is 13.0 Å². The van der Waals surface area contributed by atoms with Crippen molar-refractivity contribution in [3.63, 3.8) is 0 Å². The Bertz CT molecular complexity index is 905. The number of hydrogen-bond acceptors (Lipinski definition) is 7. The average Bonchev–Trinajstić information content (AvgIpc) is 2.74. The Morgan fingerprint density at radius 1 is 0.929 bits per heavy atom. The quantitative estimate of drug-likeness (QED) is 0.587. The fourth-order valence-corrected chi connectivity index (χ4v) is 2.62. The zero-order valence-electron chi connectivity index (χ0n) is 15.8. The zero-order chi connectivity index (χ0) is 19.8. The van der Waals surface area contributed by atoms with E-state index in [4.69, 9.17) is 9.47 Å². The average molecular weight is 383 g/mol. The summed E-state index contributed by atoms with van der Waals surface area (Å²) in [7, 11) is 3.21. The summed E-state index contributed by atoms with van der Waals surface area (Å²) < 4.78 is 23.5. The summed E-state index contributed by atoms with van der Waals surface area (Å²) in [5, 5.41) is 14.3. The van der Waals surface area contributed by atoms with Crippen molar-refractivity contribution in [2.75, 3.05) is 31.4 Å². The molecule has 0 aliphatic rings. The molecule has 3 aromatic rings. The number of nitrogens with zero attached hydrogens (tertiary/aromatic N) is 3. The molecule has 7 nitrogen and oxygen atoms in total. The van der Waals surface area contributed by atoms with E-state index in [0.29, 0.717) is 36.4 Å². The Hall–Kier alpha value is -3.42. The molecule has 0 spiro atoms. The Morgan fingerprint density at radius 3 is 2.43 bits per heavy atom. The van der Waals surface area contributed by atoms with Gasteiger partial charge in [-0.05, 0) is 41.8 Å². The molecule has 2 aromatic carbocycles. The van der Waals surface area contributed by atoms with Crippen molar-refractivity contribution in [3.8, 4) is 11.5 Å². The first-order valence-corrected chi connectivity index (χ1v) is 8.81. The standard InChI is InChI=1S/C20H22FN5O2/c1-27-17-8-5-15(11-18(17)28-2)12-23-19-13-24-26-20(25-19)22-10-9-14-3-6-16(21)7-4-14/h3-8,11,13H,9-10,12H2,1-2H3,(H2,22,23,25,26). The van der Waals surface area contributed by atoms with Crippen LogP contribution in [0.25, 0.3) is 0 Å². The summed E-state index contributed by atoms with van der Waals surface area (Å²) in [6, 6.07) is 12.1. The topological polar surface area (TPSA) is 81.2 Å². The summed E-state index contributed by atoms with van der Waals surface area (Å²) in [6.45, 7) is 1.17. The van der Waals surface area contributed by atoms with Gasteiger partial charge in [0.25, 0.3) is 0 Å². The van der Waals surface area contributed by atoms with Gasteiger partial charge in [-0.15, -0.1) is 5.10 Å². The molecule has 0 radical (unpaired) electrons. The first kappa shape index (κ1) is 19.3. The lowest BCUT2D eigenvalue weighted by molar-refractivity contribution is 0.354. The fraction of sp³-hybridized carbons (Fsp3) is 0.250. The van der Waals surface area contributed by atoms with Crippen molar-refractivity contribution in [2.24, 2.45) is 0 Å². The van der Waals surface area contributed by atoms with Crippen LogP contribution in [0.4, 0.5) is 16.2 Å². The van der Waals surface area contributed by atoms with Crippen LogP contribution in [0.2, 0.25) is 0 Å². The predicted octanol–water partition coefficient (Wildman–Crippen LogP) is 3.29. The molecular formula is C20H22FN5O2. The maximum absolute atomic E-state index is 12.9. The third-order valence-corrected chi connectivity index (χ3v) is 4.09. The van der Waals surface area contributed by atoms with E-state index in [-0.39, 0.29) is 5.82 Å². The van der Waals surface area contributed by atoms with Crippen LogP contribution in [0.15, 0.2) is 48.7 Å². The molecule has 0 bridgehead atoms. The maximum atomic E-state index is 12.9. The van der Waals surface area contributed by atoms with Gasteiger partial charge in [0.15, 0.2) is 17.3 Å². The SMILES string of the molecule is COc1ccc(CNc2cnnc(NCCc3ccc(F)cc3)n2)cc1OC. The van der Waals surface area contributed by atoms with Gasteiger partial charge in [-0.3, -0.25) is 0 Å². The lowest BCUT2D eigenvalue weighted by Gasteiger charge is -2.11. The summed E-state index contributed by atoms with van der Waals surface area (Å²) >= 11 is 0. The van der Waals surface area contributed by atoms with Crippen molar-refractivity contribution < 1.29 is 13.9 Å². The minimum absolute atomic E-state index is 0.238. The lowest BCUT2D eigenvalue weighted by atomic mass is 10.1. The van der Waals surface area contributed by atoms with Crippen LogP contribution in [-0.2, 0) is 13.0 Å². The Morgan fingerprint density at radius 2 is 1.68 bits per heavy atom.